The molecular weight excluding hydrogens is 266 g/mol. The van der Waals surface area contributed by atoms with Crippen LogP contribution in [0.3, 0.4) is 0 Å². The summed E-state index contributed by atoms with van der Waals surface area (Å²) in [6.45, 7) is 3.32. The molecule has 1 fully saturated rings. The molecule has 0 aliphatic carbocycles. The summed E-state index contributed by atoms with van der Waals surface area (Å²) in [7, 11) is 0. The Morgan fingerprint density at radius 3 is 2.81 bits per heavy atom. The molecule has 0 aromatic carbocycles. The lowest BCUT2D eigenvalue weighted by Gasteiger charge is -2.32. The number of carbonyl (C=O) groups is 2. The lowest BCUT2D eigenvalue weighted by atomic mass is 10.0. The van der Waals surface area contributed by atoms with Crippen LogP contribution in [0.1, 0.15) is 36.5 Å². The fourth-order valence-electron chi connectivity index (χ4n) is 2.37. The maximum atomic E-state index is 12.3. The Morgan fingerprint density at radius 2 is 2.19 bits per heavy atom. The lowest BCUT2D eigenvalue weighted by molar-refractivity contribution is -0.117. The highest BCUT2D eigenvalue weighted by Gasteiger charge is 2.24. The first kappa shape index (κ1) is 15.2. The summed E-state index contributed by atoms with van der Waals surface area (Å²) in [6, 6.07) is 3.69. The average molecular weight is 287 g/mol. The Labute approximate surface area is 125 Å². The molecular formula is C16H21N3O2. The van der Waals surface area contributed by atoms with Crippen LogP contribution in [0.25, 0.3) is 0 Å². The molecule has 0 unspecified atom stereocenters. The second-order valence-corrected chi connectivity index (χ2v) is 5.13. The van der Waals surface area contributed by atoms with E-state index in [0.717, 1.165) is 19.3 Å². The van der Waals surface area contributed by atoms with Gasteiger partial charge in [-0.2, -0.15) is 0 Å². The van der Waals surface area contributed by atoms with E-state index in [1.807, 2.05) is 17.9 Å². The number of allylic oxidation sites excluding steroid dienone is 1. The van der Waals surface area contributed by atoms with Crippen molar-refractivity contribution in [3.8, 4) is 0 Å². The molecule has 0 radical (unpaired) electrons. The van der Waals surface area contributed by atoms with Crippen molar-refractivity contribution in [1.82, 2.24) is 15.2 Å². The van der Waals surface area contributed by atoms with Gasteiger partial charge in [0, 0.05) is 31.5 Å². The van der Waals surface area contributed by atoms with Gasteiger partial charge in [0.2, 0.25) is 5.91 Å². The fraction of sp³-hybridized carbons (Fsp3) is 0.438. The number of likely N-dealkylation sites (tertiary alicyclic amines) is 1. The van der Waals surface area contributed by atoms with Crippen molar-refractivity contribution in [1.29, 1.82) is 0 Å². The van der Waals surface area contributed by atoms with Crippen LogP contribution < -0.4 is 5.32 Å². The van der Waals surface area contributed by atoms with E-state index in [-0.39, 0.29) is 17.9 Å². The van der Waals surface area contributed by atoms with Crippen molar-refractivity contribution in [2.45, 2.75) is 32.2 Å². The summed E-state index contributed by atoms with van der Waals surface area (Å²) in [6.07, 6.45) is 9.10. The van der Waals surface area contributed by atoms with Crippen LogP contribution in [-0.4, -0.2) is 40.8 Å². The smallest absolute Gasteiger partial charge is 0.255 e. The molecule has 0 saturated carbocycles. The van der Waals surface area contributed by atoms with Crippen LogP contribution >= 0.6 is 0 Å². The van der Waals surface area contributed by atoms with Gasteiger partial charge in [0.05, 0.1) is 5.56 Å². The fourth-order valence-corrected chi connectivity index (χ4v) is 2.37. The Morgan fingerprint density at radius 1 is 1.43 bits per heavy atom. The van der Waals surface area contributed by atoms with Gasteiger partial charge in [0.25, 0.3) is 5.91 Å². The maximum Gasteiger partial charge on any atom is 0.255 e. The van der Waals surface area contributed by atoms with Crippen molar-refractivity contribution in [3.05, 3.63) is 42.2 Å². The second-order valence-electron chi connectivity index (χ2n) is 5.13. The van der Waals surface area contributed by atoms with Gasteiger partial charge >= 0.3 is 0 Å². The monoisotopic (exact) mass is 287 g/mol. The molecule has 2 rings (SSSR count). The van der Waals surface area contributed by atoms with Gasteiger partial charge in [-0.25, -0.2) is 0 Å². The number of nitrogens with one attached hydrogen (secondary N) is 1. The van der Waals surface area contributed by atoms with Crippen molar-refractivity contribution in [2.24, 2.45) is 0 Å². The van der Waals surface area contributed by atoms with Crippen LogP contribution in [-0.2, 0) is 4.79 Å². The van der Waals surface area contributed by atoms with E-state index >= 15 is 0 Å². The largest absolute Gasteiger partial charge is 0.350 e. The van der Waals surface area contributed by atoms with Crippen molar-refractivity contribution >= 4 is 11.8 Å². The van der Waals surface area contributed by atoms with Gasteiger partial charge in [-0.3, -0.25) is 14.6 Å². The highest BCUT2D eigenvalue weighted by atomic mass is 16.2. The van der Waals surface area contributed by atoms with Gasteiger partial charge < -0.3 is 10.2 Å². The Balaban J connectivity index is 1.82. The number of hydrogen-bond donors (Lipinski definition) is 1. The number of pyridine rings is 1. The van der Waals surface area contributed by atoms with E-state index in [9.17, 15) is 9.59 Å². The molecule has 2 heterocycles. The summed E-state index contributed by atoms with van der Waals surface area (Å²) >= 11 is 0. The van der Waals surface area contributed by atoms with E-state index in [1.165, 1.54) is 0 Å². The molecule has 1 aromatic heterocycles. The normalized spacial score (nSPS) is 16.1. The zero-order valence-electron chi connectivity index (χ0n) is 12.3. The van der Waals surface area contributed by atoms with Crippen molar-refractivity contribution in [3.63, 3.8) is 0 Å². The first-order chi connectivity index (χ1) is 10.2. The third kappa shape index (κ3) is 4.41. The topological polar surface area (TPSA) is 62.3 Å². The first-order valence-corrected chi connectivity index (χ1v) is 7.37. The molecule has 112 valence electrons. The molecule has 5 heteroatoms. The molecule has 1 aliphatic heterocycles. The number of rotatable bonds is 4. The molecule has 1 aliphatic rings. The van der Waals surface area contributed by atoms with E-state index in [4.69, 9.17) is 0 Å². The third-order valence-corrected chi connectivity index (χ3v) is 3.54. The van der Waals surface area contributed by atoms with E-state index in [1.54, 1.807) is 30.6 Å². The van der Waals surface area contributed by atoms with Crippen molar-refractivity contribution < 1.29 is 9.59 Å². The Kier molecular flexibility index (Phi) is 5.49. The molecule has 0 bridgehead atoms. The van der Waals surface area contributed by atoms with Gasteiger partial charge in [-0.1, -0.05) is 13.0 Å². The summed E-state index contributed by atoms with van der Waals surface area (Å²) in [4.78, 5) is 29.7. The van der Waals surface area contributed by atoms with E-state index in [2.05, 4.69) is 10.3 Å². The zero-order valence-corrected chi connectivity index (χ0v) is 12.3. The predicted molar refractivity (Wildman–Crippen MR) is 80.7 cm³/mol. The standard InChI is InChI=1S/C16H21N3O2/c1-2-3-6-15(20)18-14-7-10-19(11-8-14)16(21)13-5-4-9-17-12-13/h3-6,9,12,14H,2,7-8,10-11H2,1H3,(H,18,20)/b6-3+. The van der Waals surface area contributed by atoms with Crippen LogP contribution in [0.5, 0.6) is 0 Å². The van der Waals surface area contributed by atoms with Crippen LogP contribution in [0.15, 0.2) is 36.7 Å². The molecule has 5 nitrogen and oxygen atoms in total. The first-order valence-electron chi connectivity index (χ1n) is 7.37. The zero-order chi connectivity index (χ0) is 15.1. The molecule has 21 heavy (non-hydrogen) atoms. The van der Waals surface area contributed by atoms with Crippen LogP contribution in [0.2, 0.25) is 0 Å². The minimum absolute atomic E-state index is 0.0127. The SMILES string of the molecule is CC/C=C/C(=O)NC1CCN(C(=O)c2cccnc2)CC1. The number of hydrogen-bond acceptors (Lipinski definition) is 3. The summed E-state index contributed by atoms with van der Waals surface area (Å²) in [5.41, 5.74) is 0.617. The second kappa shape index (κ2) is 7.57. The molecule has 1 saturated heterocycles. The average Bonchev–Trinajstić information content (AvgIpc) is 2.54. The minimum Gasteiger partial charge on any atom is -0.350 e. The lowest BCUT2D eigenvalue weighted by Crippen LogP contribution is -2.46. The van der Waals surface area contributed by atoms with Gasteiger partial charge in [-0.05, 0) is 37.5 Å². The quantitative estimate of drug-likeness (QED) is 0.858. The molecule has 2 amide bonds. The van der Waals surface area contributed by atoms with Crippen LogP contribution in [0.4, 0.5) is 0 Å². The van der Waals surface area contributed by atoms with Crippen LogP contribution in [0, 0.1) is 0 Å². The Hall–Kier alpha value is -2.17. The maximum absolute atomic E-state index is 12.3. The van der Waals surface area contributed by atoms with E-state index in [0.29, 0.717) is 18.7 Å². The molecule has 0 spiro atoms. The molecule has 1 N–H and O–H groups in total. The Bertz CT molecular complexity index is 506. The highest BCUT2D eigenvalue weighted by Crippen LogP contribution is 2.13. The van der Waals surface area contributed by atoms with Crippen molar-refractivity contribution in [2.75, 3.05) is 13.1 Å². The summed E-state index contributed by atoms with van der Waals surface area (Å²) in [5, 5.41) is 2.98. The number of nitrogens with zero attached hydrogens (tertiary/aromatic N) is 2. The number of carbonyl (C=O) groups excluding carboxylic acids is 2. The summed E-state index contributed by atoms with van der Waals surface area (Å²) < 4.78 is 0. The molecule has 0 atom stereocenters. The van der Waals surface area contributed by atoms with Gasteiger partial charge in [-0.15, -0.1) is 0 Å². The number of aromatic nitrogens is 1. The minimum atomic E-state index is -0.0473. The predicted octanol–water partition coefficient (Wildman–Crippen LogP) is 1.77. The van der Waals surface area contributed by atoms with Gasteiger partial charge in [0.1, 0.15) is 0 Å². The number of amides is 2. The van der Waals surface area contributed by atoms with Gasteiger partial charge in [0.15, 0.2) is 0 Å². The number of piperidine rings is 1. The molecule has 1 aromatic rings. The third-order valence-electron chi connectivity index (χ3n) is 3.54. The highest BCUT2D eigenvalue weighted by molar-refractivity contribution is 5.94. The van der Waals surface area contributed by atoms with E-state index < -0.39 is 0 Å². The summed E-state index contributed by atoms with van der Waals surface area (Å²) in [5.74, 6) is -0.0346.